The van der Waals surface area contributed by atoms with Crippen LogP contribution in [0.5, 0.6) is 0 Å². The van der Waals surface area contributed by atoms with Gasteiger partial charge in [-0.3, -0.25) is 4.90 Å². The maximum atomic E-state index is 13.1. The molecular weight excluding hydrogens is 422 g/mol. The van der Waals surface area contributed by atoms with Gasteiger partial charge in [0, 0.05) is 11.7 Å². The lowest BCUT2D eigenvalue weighted by Crippen LogP contribution is -2.64. The van der Waals surface area contributed by atoms with Crippen molar-refractivity contribution in [1.29, 1.82) is 0 Å². The Balaban J connectivity index is 1.89. The molecule has 0 aliphatic carbocycles. The van der Waals surface area contributed by atoms with Gasteiger partial charge in [0.15, 0.2) is 5.17 Å². The number of anilines is 1. The van der Waals surface area contributed by atoms with Crippen LogP contribution in [0.25, 0.3) is 0 Å². The summed E-state index contributed by atoms with van der Waals surface area (Å²) < 4.78 is 5.42. The number of rotatable bonds is 6. The second kappa shape index (κ2) is 9.00. The standard InChI is InChI=1S/C25H29N3O3S/c1-5-31-23(29)21-18(4)26-24-28(22(21)19-12-8-6-9-13-19)25(30,16-32-24)27(17(2)3)20-14-10-7-11-15-20/h6-15,17,22,30H,5,16H2,1-4H3/t22-,25+/m0/s1. The molecule has 32 heavy (non-hydrogen) atoms. The van der Waals surface area contributed by atoms with Crippen LogP contribution in [-0.4, -0.2) is 45.4 Å². The Hall–Kier alpha value is -2.77. The van der Waals surface area contributed by atoms with Crippen LogP contribution in [0.3, 0.4) is 0 Å². The predicted octanol–water partition coefficient (Wildman–Crippen LogP) is 4.54. The van der Waals surface area contributed by atoms with E-state index in [1.807, 2.05) is 77.4 Å². The number of aliphatic hydroxyl groups is 1. The number of fused-ring (bicyclic) bond motifs is 1. The fraction of sp³-hybridized carbons (Fsp3) is 0.360. The lowest BCUT2D eigenvalue weighted by atomic mass is 9.93. The van der Waals surface area contributed by atoms with Crippen LogP contribution in [-0.2, 0) is 9.53 Å². The molecule has 1 fully saturated rings. The number of nitrogens with zero attached hydrogens (tertiary/aromatic N) is 3. The smallest absolute Gasteiger partial charge is 0.338 e. The van der Waals surface area contributed by atoms with Gasteiger partial charge in [0.25, 0.3) is 0 Å². The van der Waals surface area contributed by atoms with Gasteiger partial charge >= 0.3 is 5.97 Å². The van der Waals surface area contributed by atoms with E-state index < -0.39 is 17.9 Å². The van der Waals surface area contributed by atoms with Gasteiger partial charge in [0.2, 0.25) is 5.85 Å². The Labute approximate surface area is 193 Å². The van der Waals surface area contributed by atoms with E-state index in [2.05, 4.69) is 13.8 Å². The van der Waals surface area contributed by atoms with Gasteiger partial charge in [-0.1, -0.05) is 60.3 Å². The lowest BCUT2D eigenvalue weighted by molar-refractivity contribution is -0.140. The van der Waals surface area contributed by atoms with E-state index in [-0.39, 0.29) is 12.6 Å². The highest BCUT2D eigenvalue weighted by atomic mass is 32.2. The molecule has 2 heterocycles. The Bertz CT molecular complexity index is 1040. The number of hydrogen-bond donors (Lipinski definition) is 1. The van der Waals surface area contributed by atoms with E-state index in [1.54, 1.807) is 6.92 Å². The monoisotopic (exact) mass is 451 g/mol. The van der Waals surface area contributed by atoms with Gasteiger partial charge in [0.05, 0.1) is 29.7 Å². The Morgan fingerprint density at radius 2 is 1.84 bits per heavy atom. The number of ether oxygens (including phenoxy) is 1. The molecule has 0 spiro atoms. The van der Waals surface area contributed by atoms with Gasteiger partial charge in [-0.05, 0) is 45.4 Å². The highest BCUT2D eigenvalue weighted by Gasteiger charge is 2.55. The van der Waals surface area contributed by atoms with Gasteiger partial charge in [-0.25, -0.2) is 9.79 Å². The van der Waals surface area contributed by atoms with Crippen molar-refractivity contribution in [3.63, 3.8) is 0 Å². The molecule has 2 aliphatic rings. The summed E-state index contributed by atoms with van der Waals surface area (Å²) in [6, 6.07) is 19.1. The van der Waals surface area contributed by atoms with Gasteiger partial charge in [-0.15, -0.1) is 0 Å². The number of carbonyl (C=O) groups excluding carboxylic acids is 1. The predicted molar refractivity (Wildman–Crippen MR) is 129 cm³/mol. The summed E-state index contributed by atoms with van der Waals surface area (Å²) in [6.45, 7) is 8.01. The van der Waals surface area contributed by atoms with Crippen molar-refractivity contribution in [3.05, 3.63) is 77.5 Å². The van der Waals surface area contributed by atoms with E-state index in [4.69, 9.17) is 9.73 Å². The van der Waals surface area contributed by atoms with Crippen molar-refractivity contribution in [1.82, 2.24) is 4.90 Å². The summed E-state index contributed by atoms with van der Waals surface area (Å²) in [5.74, 6) is -1.40. The van der Waals surface area contributed by atoms with E-state index in [1.165, 1.54) is 11.8 Å². The first-order chi connectivity index (χ1) is 15.4. The third kappa shape index (κ3) is 3.80. The summed E-state index contributed by atoms with van der Waals surface area (Å²) in [7, 11) is 0. The largest absolute Gasteiger partial charge is 0.463 e. The Morgan fingerprint density at radius 3 is 2.44 bits per heavy atom. The molecule has 0 unspecified atom stereocenters. The molecule has 0 aromatic heterocycles. The van der Waals surface area contributed by atoms with Crippen LogP contribution >= 0.6 is 11.8 Å². The molecule has 7 heteroatoms. The normalized spacial score (nSPS) is 22.6. The molecule has 168 valence electrons. The zero-order chi connectivity index (χ0) is 22.9. The zero-order valence-electron chi connectivity index (χ0n) is 18.9. The third-order valence-electron chi connectivity index (χ3n) is 5.72. The van der Waals surface area contributed by atoms with Gasteiger partial charge in [0.1, 0.15) is 0 Å². The Kier molecular flexibility index (Phi) is 6.31. The SMILES string of the molecule is CCOC(=O)C1=C(C)N=C2SC[C@@](O)(N(c3ccccc3)C(C)C)N2[C@H]1c1ccccc1. The van der Waals surface area contributed by atoms with Crippen LogP contribution in [0.2, 0.25) is 0 Å². The molecule has 1 saturated heterocycles. The summed E-state index contributed by atoms with van der Waals surface area (Å²) in [5.41, 5.74) is 2.89. The molecule has 1 N–H and O–H groups in total. The van der Waals surface area contributed by atoms with Crippen molar-refractivity contribution >= 4 is 28.6 Å². The number of para-hydroxylation sites is 1. The van der Waals surface area contributed by atoms with E-state index in [0.29, 0.717) is 22.2 Å². The fourth-order valence-electron chi connectivity index (χ4n) is 4.50. The van der Waals surface area contributed by atoms with Crippen molar-refractivity contribution in [2.24, 2.45) is 4.99 Å². The molecule has 6 nitrogen and oxygen atoms in total. The minimum absolute atomic E-state index is 0.00294. The molecule has 2 aromatic carbocycles. The second-order valence-corrected chi connectivity index (χ2v) is 9.10. The summed E-state index contributed by atoms with van der Waals surface area (Å²) >= 11 is 1.50. The van der Waals surface area contributed by atoms with Gasteiger partial charge in [-0.2, -0.15) is 0 Å². The molecule has 4 rings (SSSR count). The number of thioether (sulfide) groups is 1. The van der Waals surface area contributed by atoms with E-state index in [9.17, 15) is 9.90 Å². The summed E-state index contributed by atoms with van der Waals surface area (Å²) in [4.78, 5) is 21.7. The molecule has 0 bridgehead atoms. The van der Waals surface area contributed by atoms with Crippen LogP contribution in [0.4, 0.5) is 5.69 Å². The topological polar surface area (TPSA) is 65.4 Å². The maximum absolute atomic E-state index is 13.1. The highest BCUT2D eigenvalue weighted by Crippen LogP contribution is 2.48. The fourth-order valence-corrected chi connectivity index (χ4v) is 5.69. The van der Waals surface area contributed by atoms with Crippen LogP contribution < -0.4 is 4.90 Å². The first-order valence-electron chi connectivity index (χ1n) is 10.9. The minimum atomic E-state index is -1.39. The van der Waals surface area contributed by atoms with Crippen molar-refractivity contribution in [3.8, 4) is 0 Å². The molecule has 2 aliphatic heterocycles. The first kappa shape index (κ1) is 22.4. The Morgan fingerprint density at radius 1 is 1.22 bits per heavy atom. The lowest BCUT2D eigenvalue weighted by Gasteiger charge is -2.50. The first-order valence-corrected chi connectivity index (χ1v) is 11.9. The van der Waals surface area contributed by atoms with Gasteiger partial charge < -0.3 is 14.7 Å². The third-order valence-corrected chi connectivity index (χ3v) is 6.80. The molecule has 0 amide bonds. The van der Waals surface area contributed by atoms with Crippen molar-refractivity contribution in [2.45, 2.75) is 45.6 Å². The van der Waals surface area contributed by atoms with Crippen molar-refractivity contribution in [2.75, 3.05) is 17.3 Å². The zero-order valence-corrected chi connectivity index (χ0v) is 19.7. The maximum Gasteiger partial charge on any atom is 0.338 e. The average Bonchev–Trinajstić information content (AvgIpc) is 3.10. The molecule has 2 aromatic rings. The summed E-state index contributed by atoms with van der Waals surface area (Å²) in [5, 5.41) is 13.0. The molecule has 0 radical (unpaired) electrons. The van der Waals surface area contributed by atoms with Crippen LogP contribution in [0, 0.1) is 0 Å². The molecular formula is C25H29N3O3S. The summed E-state index contributed by atoms with van der Waals surface area (Å²) in [6.07, 6.45) is 0. The van der Waals surface area contributed by atoms with Crippen LogP contribution in [0.1, 0.15) is 39.3 Å². The minimum Gasteiger partial charge on any atom is -0.463 e. The molecule has 0 saturated carbocycles. The number of amidine groups is 1. The number of benzene rings is 2. The second-order valence-electron chi connectivity index (χ2n) is 8.16. The number of hydrogen-bond acceptors (Lipinski definition) is 7. The number of esters is 1. The highest BCUT2D eigenvalue weighted by molar-refractivity contribution is 8.14. The van der Waals surface area contributed by atoms with Crippen molar-refractivity contribution < 1.29 is 14.6 Å². The quantitative estimate of drug-likeness (QED) is 0.514. The van der Waals surface area contributed by atoms with E-state index >= 15 is 0 Å². The average molecular weight is 452 g/mol. The number of aliphatic imine (C=N–C) groups is 1. The number of allylic oxidation sites excluding steroid dienone is 1. The number of carbonyl (C=O) groups is 1. The molecule has 2 atom stereocenters. The van der Waals surface area contributed by atoms with Crippen LogP contribution in [0.15, 0.2) is 76.9 Å². The van der Waals surface area contributed by atoms with E-state index in [0.717, 1.165) is 11.3 Å².